The number of hydrogen-bond donors (Lipinski definition) is 0. The minimum absolute atomic E-state index is 0.889. The molecule has 27 heavy (non-hydrogen) atoms. The van der Waals surface area contributed by atoms with E-state index in [0.29, 0.717) is 0 Å². The fourth-order valence-electron chi connectivity index (χ4n) is 4.38. The minimum Gasteiger partial charge on any atom is -0.497 e. The van der Waals surface area contributed by atoms with Crippen LogP contribution in [-0.4, -0.2) is 7.11 Å². The van der Waals surface area contributed by atoms with Gasteiger partial charge in [0, 0.05) is 0 Å². The zero-order valence-corrected chi connectivity index (χ0v) is 15.8. The summed E-state index contributed by atoms with van der Waals surface area (Å²) in [6, 6.07) is 21.9. The van der Waals surface area contributed by atoms with Crippen molar-refractivity contribution in [2.75, 3.05) is 7.11 Å². The molecule has 0 saturated heterocycles. The van der Waals surface area contributed by atoms with Crippen LogP contribution in [0.5, 0.6) is 5.75 Å². The summed E-state index contributed by atoms with van der Waals surface area (Å²) in [7, 11) is 1.71. The molecule has 0 unspecified atom stereocenters. The average molecular weight is 350 g/mol. The summed E-state index contributed by atoms with van der Waals surface area (Å²) in [5.41, 5.74) is 3.88. The lowest BCUT2D eigenvalue weighted by Crippen LogP contribution is -2.30. The Morgan fingerprint density at radius 3 is 2.15 bits per heavy atom. The van der Waals surface area contributed by atoms with E-state index in [1.54, 1.807) is 7.11 Å². The number of methoxy groups -OCH3 is 1. The number of hydrogen-bond acceptors (Lipinski definition) is 1. The summed E-state index contributed by atoms with van der Waals surface area (Å²) in [6.07, 6.45) is 7.07. The molecule has 1 aliphatic carbocycles. The summed E-state index contributed by atoms with van der Waals surface area (Å²) < 4.78 is 5.34. The van der Waals surface area contributed by atoms with Gasteiger partial charge in [0.2, 0.25) is 0 Å². The SMILES string of the molecule is COc1ccc(-c2cc3c4c(c(C)cc3c3ccccc23)=CCCC=4)cc1. The van der Waals surface area contributed by atoms with Gasteiger partial charge in [-0.25, -0.2) is 0 Å². The van der Waals surface area contributed by atoms with Gasteiger partial charge >= 0.3 is 0 Å². The van der Waals surface area contributed by atoms with Crippen LogP contribution in [0.15, 0.2) is 60.7 Å². The molecule has 0 amide bonds. The molecule has 0 radical (unpaired) electrons. The van der Waals surface area contributed by atoms with Crippen molar-refractivity contribution >= 4 is 33.7 Å². The zero-order chi connectivity index (χ0) is 18.4. The predicted octanol–water partition coefficient (Wildman–Crippen LogP) is 5.33. The molecule has 0 aromatic heterocycles. The second kappa shape index (κ2) is 6.28. The lowest BCUT2D eigenvalue weighted by Gasteiger charge is -2.14. The molecule has 0 atom stereocenters. The lowest BCUT2D eigenvalue weighted by atomic mass is 9.89. The Morgan fingerprint density at radius 2 is 1.41 bits per heavy atom. The van der Waals surface area contributed by atoms with Gasteiger partial charge in [-0.1, -0.05) is 54.6 Å². The van der Waals surface area contributed by atoms with Crippen molar-refractivity contribution in [3.8, 4) is 16.9 Å². The van der Waals surface area contributed by atoms with Gasteiger partial charge in [0.25, 0.3) is 0 Å². The smallest absolute Gasteiger partial charge is 0.118 e. The van der Waals surface area contributed by atoms with Crippen molar-refractivity contribution in [1.82, 2.24) is 0 Å². The Morgan fingerprint density at radius 1 is 0.704 bits per heavy atom. The maximum absolute atomic E-state index is 5.34. The van der Waals surface area contributed by atoms with E-state index in [1.807, 2.05) is 12.1 Å². The Bertz CT molecular complexity index is 1290. The molecular weight excluding hydrogens is 328 g/mol. The van der Waals surface area contributed by atoms with Crippen molar-refractivity contribution in [1.29, 1.82) is 0 Å². The van der Waals surface area contributed by atoms with Crippen LogP contribution in [-0.2, 0) is 0 Å². The summed E-state index contributed by atoms with van der Waals surface area (Å²) in [4.78, 5) is 0. The van der Waals surface area contributed by atoms with E-state index < -0.39 is 0 Å². The van der Waals surface area contributed by atoms with E-state index in [0.717, 1.165) is 18.6 Å². The maximum Gasteiger partial charge on any atom is 0.118 e. The van der Waals surface area contributed by atoms with Gasteiger partial charge in [-0.3, -0.25) is 0 Å². The Labute approximate surface area is 159 Å². The monoisotopic (exact) mass is 350 g/mol. The molecule has 0 fully saturated rings. The molecule has 0 saturated carbocycles. The third-order valence-electron chi connectivity index (χ3n) is 5.72. The quantitative estimate of drug-likeness (QED) is 0.444. The molecule has 0 spiro atoms. The number of rotatable bonds is 2. The third kappa shape index (κ3) is 2.54. The molecule has 0 aliphatic heterocycles. The van der Waals surface area contributed by atoms with Gasteiger partial charge in [0.15, 0.2) is 0 Å². The first-order valence-corrected chi connectivity index (χ1v) is 9.56. The molecule has 1 nitrogen and oxygen atoms in total. The van der Waals surface area contributed by atoms with E-state index in [1.165, 1.54) is 48.7 Å². The van der Waals surface area contributed by atoms with E-state index in [4.69, 9.17) is 4.74 Å². The highest BCUT2D eigenvalue weighted by molar-refractivity contribution is 6.14. The molecule has 4 aromatic carbocycles. The topological polar surface area (TPSA) is 9.23 Å². The summed E-state index contributed by atoms with van der Waals surface area (Å²) in [5, 5.41) is 8.14. The van der Waals surface area contributed by atoms with Crippen LogP contribution >= 0.6 is 0 Å². The fraction of sp³-hybridized carbons (Fsp3) is 0.154. The number of ether oxygens (including phenoxy) is 1. The van der Waals surface area contributed by atoms with Crippen LogP contribution < -0.4 is 15.2 Å². The van der Waals surface area contributed by atoms with Crippen LogP contribution in [0.3, 0.4) is 0 Å². The highest BCUT2D eigenvalue weighted by Gasteiger charge is 2.11. The Balaban J connectivity index is 1.94. The number of benzene rings is 4. The molecule has 0 heterocycles. The second-order valence-corrected chi connectivity index (χ2v) is 7.30. The van der Waals surface area contributed by atoms with Gasteiger partial charge in [-0.2, -0.15) is 0 Å². The second-order valence-electron chi connectivity index (χ2n) is 7.30. The van der Waals surface area contributed by atoms with E-state index in [-0.39, 0.29) is 0 Å². The van der Waals surface area contributed by atoms with Crippen molar-refractivity contribution in [3.63, 3.8) is 0 Å². The summed E-state index contributed by atoms with van der Waals surface area (Å²) in [5.74, 6) is 0.889. The first kappa shape index (κ1) is 16.1. The normalized spacial score (nSPS) is 13.1. The van der Waals surface area contributed by atoms with Crippen molar-refractivity contribution in [2.45, 2.75) is 19.8 Å². The maximum atomic E-state index is 5.34. The molecule has 4 aromatic rings. The van der Waals surface area contributed by atoms with E-state index in [2.05, 4.69) is 67.6 Å². The molecule has 132 valence electrons. The van der Waals surface area contributed by atoms with Crippen LogP contribution in [0, 0.1) is 6.92 Å². The first-order valence-electron chi connectivity index (χ1n) is 9.56. The van der Waals surface area contributed by atoms with E-state index in [9.17, 15) is 0 Å². The van der Waals surface area contributed by atoms with Crippen LogP contribution in [0.2, 0.25) is 0 Å². The lowest BCUT2D eigenvalue weighted by molar-refractivity contribution is 0.415. The van der Waals surface area contributed by atoms with Crippen LogP contribution in [0.4, 0.5) is 0 Å². The Hall–Kier alpha value is -3.06. The number of aryl methyl sites for hydroxylation is 1. The summed E-state index contributed by atoms with van der Waals surface area (Å²) in [6.45, 7) is 2.24. The van der Waals surface area contributed by atoms with Gasteiger partial charge in [-0.05, 0) is 86.6 Å². The standard InChI is InChI=1S/C26H22O/c1-17-15-25-23-10-6-5-9-22(23)24(18-11-13-19(27-2)14-12-18)16-26(25)21-8-4-3-7-20(17)21/h5-16H,3-4H2,1-2H3. The third-order valence-corrected chi connectivity index (χ3v) is 5.72. The first-order chi connectivity index (χ1) is 13.3. The van der Waals surface area contributed by atoms with Gasteiger partial charge < -0.3 is 4.74 Å². The minimum atomic E-state index is 0.889. The molecular formula is C26H22O. The van der Waals surface area contributed by atoms with Crippen molar-refractivity contribution < 1.29 is 4.74 Å². The molecule has 1 heteroatoms. The Kier molecular flexibility index (Phi) is 3.75. The number of fused-ring (bicyclic) bond motifs is 5. The molecule has 0 N–H and O–H groups in total. The average Bonchev–Trinajstić information content (AvgIpc) is 2.74. The summed E-state index contributed by atoms with van der Waals surface area (Å²) >= 11 is 0. The largest absolute Gasteiger partial charge is 0.497 e. The zero-order valence-electron chi connectivity index (χ0n) is 15.8. The molecule has 0 bridgehead atoms. The molecule has 1 aliphatic rings. The highest BCUT2D eigenvalue weighted by atomic mass is 16.5. The fourth-order valence-corrected chi connectivity index (χ4v) is 4.38. The van der Waals surface area contributed by atoms with Crippen LogP contribution in [0.25, 0.3) is 44.8 Å². The van der Waals surface area contributed by atoms with Crippen molar-refractivity contribution in [2.24, 2.45) is 0 Å². The van der Waals surface area contributed by atoms with Gasteiger partial charge in [-0.15, -0.1) is 0 Å². The van der Waals surface area contributed by atoms with Gasteiger partial charge in [0.1, 0.15) is 5.75 Å². The van der Waals surface area contributed by atoms with Crippen LogP contribution in [0.1, 0.15) is 18.4 Å². The predicted molar refractivity (Wildman–Crippen MR) is 116 cm³/mol. The van der Waals surface area contributed by atoms with Crippen molar-refractivity contribution in [3.05, 3.63) is 76.7 Å². The molecule has 5 rings (SSSR count). The highest BCUT2D eigenvalue weighted by Crippen LogP contribution is 2.34. The van der Waals surface area contributed by atoms with E-state index >= 15 is 0 Å². The van der Waals surface area contributed by atoms with Gasteiger partial charge in [0.05, 0.1) is 7.11 Å².